The Morgan fingerprint density at radius 2 is 1.56 bits per heavy atom. The summed E-state index contributed by atoms with van der Waals surface area (Å²) in [5, 5.41) is 0. The second kappa shape index (κ2) is 9.26. The third-order valence-electron chi connectivity index (χ3n) is 11.9. The number of hydrogen-bond donors (Lipinski definition) is 0. The van der Waals surface area contributed by atoms with E-state index in [2.05, 4.69) is 41.5 Å². The average molecular weight is 445 g/mol. The molecule has 0 N–H and O–H groups in total. The van der Waals surface area contributed by atoms with Gasteiger partial charge < -0.3 is 4.74 Å². The van der Waals surface area contributed by atoms with Crippen LogP contribution in [0.5, 0.6) is 0 Å². The Kier molecular flexibility index (Phi) is 7.11. The van der Waals surface area contributed by atoms with Gasteiger partial charge in [0.1, 0.15) is 6.10 Å². The standard InChI is InChI=1S/C30H52O2/c1-19(2)20(3)8-9-21(4)26-12-13-27-25-11-10-23-18-24(32-22(5)31)14-16-29(23,6)28(25)15-17-30(26,27)7/h19-21,23-28H,8-18H2,1-7H3/t20-,21+,23+,24+,25+,26+,27-,28-,29+,30-/m0/s1. The molecule has 0 aromatic rings. The van der Waals surface area contributed by atoms with Gasteiger partial charge in [-0.25, -0.2) is 0 Å². The lowest BCUT2D eigenvalue weighted by Gasteiger charge is -2.61. The molecule has 4 saturated carbocycles. The maximum Gasteiger partial charge on any atom is 0.302 e. The zero-order valence-electron chi connectivity index (χ0n) is 22.3. The Labute approximate surface area is 199 Å². The van der Waals surface area contributed by atoms with Crippen LogP contribution in [0, 0.1) is 58.2 Å². The highest BCUT2D eigenvalue weighted by atomic mass is 16.5. The molecule has 10 atom stereocenters. The molecule has 2 heteroatoms. The van der Waals surface area contributed by atoms with E-state index in [1.54, 1.807) is 6.92 Å². The van der Waals surface area contributed by atoms with Crippen LogP contribution in [0.1, 0.15) is 119 Å². The number of carbonyl (C=O) groups excluding carboxylic acids is 1. The summed E-state index contributed by atoms with van der Waals surface area (Å²) in [7, 11) is 0. The lowest BCUT2D eigenvalue weighted by atomic mass is 9.44. The van der Waals surface area contributed by atoms with E-state index in [1.807, 2.05) is 0 Å². The van der Waals surface area contributed by atoms with Crippen LogP contribution in [-0.2, 0) is 9.53 Å². The minimum atomic E-state index is -0.0883. The molecule has 0 spiro atoms. The molecule has 0 radical (unpaired) electrons. The van der Waals surface area contributed by atoms with E-state index in [1.165, 1.54) is 57.8 Å². The van der Waals surface area contributed by atoms with Crippen LogP contribution in [0.3, 0.4) is 0 Å². The van der Waals surface area contributed by atoms with Gasteiger partial charge in [0, 0.05) is 6.92 Å². The quantitative estimate of drug-likeness (QED) is 0.385. The maximum absolute atomic E-state index is 11.5. The lowest BCUT2D eigenvalue weighted by Crippen LogP contribution is -2.54. The molecule has 4 aliphatic rings. The van der Waals surface area contributed by atoms with E-state index < -0.39 is 0 Å². The minimum absolute atomic E-state index is 0.0883. The Hall–Kier alpha value is -0.530. The molecule has 2 nitrogen and oxygen atoms in total. The molecule has 0 unspecified atom stereocenters. The number of ether oxygens (including phenoxy) is 1. The summed E-state index contributed by atoms with van der Waals surface area (Å²) in [6.45, 7) is 16.7. The second-order valence-corrected chi connectivity index (χ2v) is 13.7. The maximum atomic E-state index is 11.5. The van der Waals surface area contributed by atoms with Crippen LogP contribution in [0.25, 0.3) is 0 Å². The molecule has 4 aliphatic carbocycles. The number of fused-ring (bicyclic) bond motifs is 5. The van der Waals surface area contributed by atoms with E-state index in [0.717, 1.165) is 60.2 Å². The number of esters is 1. The van der Waals surface area contributed by atoms with Gasteiger partial charge in [0.2, 0.25) is 0 Å². The molecule has 0 amide bonds. The third-order valence-corrected chi connectivity index (χ3v) is 11.9. The summed E-state index contributed by atoms with van der Waals surface area (Å²) >= 11 is 0. The Bertz CT molecular complexity index is 670. The van der Waals surface area contributed by atoms with Gasteiger partial charge in [-0.3, -0.25) is 4.79 Å². The molecule has 32 heavy (non-hydrogen) atoms. The molecule has 4 fully saturated rings. The van der Waals surface area contributed by atoms with Crippen molar-refractivity contribution in [3.63, 3.8) is 0 Å². The summed E-state index contributed by atoms with van der Waals surface area (Å²) in [4.78, 5) is 11.5. The van der Waals surface area contributed by atoms with E-state index >= 15 is 0 Å². The van der Waals surface area contributed by atoms with Crippen molar-refractivity contribution in [3.8, 4) is 0 Å². The third kappa shape index (κ3) is 4.31. The van der Waals surface area contributed by atoms with Crippen LogP contribution in [0.4, 0.5) is 0 Å². The molecule has 184 valence electrons. The van der Waals surface area contributed by atoms with Crippen molar-refractivity contribution in [2.24, 2.45) is 58.2 Å². The first kappa shape index (κ1) is 24.6. The van der Waals surface area contributed by atoms with Crippen molar-refractivity contribution in [1.82, 2.24) is 0 Å². The van der Waals surface area contributed by atoms with Gasteiger partial charge >= 0.3 is 5.97 Å². The summed E-state index contributed by atoms with van der Waals surface area (Å²) < 4.78 is 5.66. The molecular formula is C30H52O2. The predicted molar refractivity (Wildman–Crippen MR) is 133 cm³/mol. The second-order valence-electron chi connectivity index (χ2n) is 13.7. The van der Waals surface area contributed by atoms with Gasteiger partial charge in [0.15, 0.2) is 0 Å². The Morgan fingerprint density at radius 3 is 2.25 bits per heavy atom. The first-order valence-electron chi connectivity index (χ1n) is 14.2. The van der Waals surface area contributed by atoms with Crippen LogP contribution < -0.4 is 0 Å². The molecule has 0 saturated heterocycles. The Morgan fingerprint density at radius 1 is 0.875 bits per heavy atom. The monoisotopic (exact) mass is 444 g/mol. The van der Waals surface area contributed by atoms with Crippen molar-refractivity contribution in [3.05, 3.63) is 0 Å². The molecule has 0 aromatic carbocycles. The summed E-state index contributed by atoms with van der Waals surface area (Å²) in [6, 6.07) is 0. The summed E-state index contributed by atoms with van der Waals surface area (Å²) in [6.07, 6.45) is 15.2. The SMILES string of the molecule is CC(=O)O[C@@H]1CC[C@]2(C)[C@H](CC[C@@H]3[C@@H]4CC[C@H]([C@H](C)CC[C@H](C)C(C)C)[C@]4(C)CC[C@@H]32)C1. The molecule has 4 rings (SSSR count). The van der Waals surface area contributed by atoms with Crippen molar-refractivity contribution >= 4 is 5.97 Å². The van der Waals surface area contributed by atoms with Gasteiger partial charge in [-0.15, -0.1) is 0 Å². The highest BCUT2D eigenvalue weighted by Gasteiger charge is 2.60. The van der Waals surface area contributed by atoms with Crippen molar-refractivity contribution in [2.45, 2.75) is 125 Å². The predicted octanol–water partition coefficient (Wildman–Crippen LogP) is 8.29. The topological polar surface area (TPSA) is 26.3 Å². The average Bonchev–Trinajstić information content (AvgIpc) is 3.08. The minimum Gasteiger partial charge on any atom is -0.463 e. The zero-order chi connectivity index (χ0) is 23.3. The molecule has 0 aromatic heterocycles. The van der Waals surface area contributed by atoms with E-state index in [0.29, 0.717) is 10.8 Å². The van der Waals surface area contributed by atoms with Gasteiger partial charge in [0.05, 0.1) is 0 Å². The molecule has 0 bridgehead atoms. The molecule has 0 heterocycles. The van der Waals surface area contributed by atoms with Gasteiger partial charge in [-0.2, -0.15) is 0 Å². The molecule has 0 aliphatic heterocycles. The van der Waals surface area contributed by atoms with Crippen molar-refractivity contribution in [1.29, 1.82) is 0 Å². The van der Waals surface area contributed by atoms with Crippen molar-refractivity contribution in [2.75, 3.05) is 0 Å². The van der Waals surface area contributed by atoms with Crippen LogP contribution in [0.15, 0.2) is 0 Å². The van der Waals surface area contributed by atoms with Gasteiger partial charge in [-0.1, -0.05) is 54.4 Å². The van der Waals surface area contributed by atoms with Crippen molar-refractivity contribution < 1.29 is 9.53 Å². The van der Waals surface area contributed by atoms with E-state index in [4.69, 9.17) is 4.74 Å². The number of carbonyl (C=O) groups is 1. The summed E-state index contributed by atoms with van der Waals surface area (Å²) in [5.41, 5.74) is 1.07. The van der Waals surface area contributed by atoms with Gasteiger partial charge in [0.25, 0.3) is 0 Å². The fourth-order valence-electron chi connectivity index (χ4n) is 9.60. The van der Waals surface area contributed by atoms with Crippen LogP contribution in [-0.4, -0.2) is 12.1 Å². The first-order valence-corrected chi connectivity index (χ1v) is 14.2. The normalized spacial score (nSPS) is 45.5. The zero-order valence-corrected chi connectivity index (χ0v) is 22.3. The van der Waals surface area contributed by atoms with Crippen LogP contribution >= 0.6 is 0 Å². The fourth-order valence-corrected chi connectivity index (χ4v) is 9.60. The fraction of sp³-hybridized carbons (Fsp3) is 0.967. The van der Waals surface area contributed by atoms with Gasteiger partial charge in [-0.05, 0) is 116 Å². The molecular weight excluding hydrogens is 392 g/mol. The highest BCUT2D eigenvalue weighted by Crippen LogP contribution is 2.68. The Balaban J connectivity index is 1.43. The van der Waals surface area contributed by atoms with E-state index in [-0.39, 0.29) is 12.1 Å². The lowest BCUT2D eigenvalue weighted by molar-refractivity contribution is -0.160. The van der Waals surface area contributed by atoms with E-state index in [9.17, 15) is 4.79 Å². The number of rotatable bonds is 6. The number of hydrogen-bond acceptors (Lipinski definition) is 2. The largest absolute Gasteiger partial charge is 0.463 e. The smallest absolute Gasteiger partial charge is 0.302 e. The summed E-state index contributed by atoms with van der Waals surface area (Å²) in [5.74, 6) is 6.99. The first-order chi connectivity index (χ1) is 15.1. The van der Waals surface area contributed by atoms with Crippen LogP contribution in [0.2, 0.25) is 0 Å². The highest BCUT2D eigenvalue weighted by molar-refractivity contribution is 5.66.